The summed E-state index contributed by atoms with van der Waals surface area (Å²) in [5.41, 5.74) is 0.641. The number of rotatable bonds is 11. The Balaban J connectivity index is 1.71. The predicted octanol–water partition coefficient (Wildman–Crippen LogP) is 3.84. The highest BCUT2D eigenvalue weighted by molar-refractivity contribution is 8.02. The number of halogens is 1. The minimum Gasteiger partial charge on any atom is -0.465 e. The molecule has 1 spiro atoms. The molecule has 0 aliphatic carbocycles. The number of carbonyl (C=O) groups excluding carboxylic acids is 3. The van der Waals surface area contributed by atoms with E-state index in [9.17, 15) is 19.5 Å². The predicted molar refractivity (Wildman–Crippen MR) is 142 cm³/mol. The summed E-state index contributed by atoms with van der Waals surface area (Å²) in [5.74, 6) is -2.22. The molecule has 1 aromatic rings. The summed E-state index contributed by atoms with van der Waals surface area (Å²) < 4.78 is 4.35. The highest BCUT2D eigenvalue weighted by Crippen LogP contribution is 2.71. The molecule has 3 aliphatic heterocycles. The number of aliphatic hydroxyl groups excluding tert-OH is 1. The van der Waals surface area contributed by atoms with Gasteiger partial charge in [0.15, 0.2) is 0 Å². The number of fused-ring (bicyclic) bond motifs is 1. The minimum absolute atomic E-state index is 0.0222. The molecule has 2 unspecified atom stereocenters. The average molecular weight is 533 g/mol. The van der Waals surface area contributed by atoms with Crippen molar-refractivity contribution in [2.24, 2.45) is 11.8 Å². The van der Waals surface area contributed by atoms with Crippen LogP contribution >= 0.6 is 23.4 Å². The number of unbranched alkanes of at least 4 members (excludes halogenated alkanes) is 1. The molecular weight excluding hydrogens is 500 g/mol. The summed E-state index contributed by atoms with van der Waals surface area (Å²) in [6.07, 6.45) is 6.15. The molecule has 7 nitrogen and oxygen atoms in total. The van der Waals surface area contributed by atoms with Crippen LogP contribution in [0.1, 0.15) is 32.6 Å². The third-order valence-electron chi connectivity index (χ3n) is 7.62. The maximum Gasteiger partial charge on any atom is 0.311 e. The van der Waals surface area contributed by atoms with Gasteiger partial charge in [0.05, 0.1) is 29.8 Å². The molecule has 1 aromatic carbocycles. The van der Waals surface area contributed by atoms with Crippen molar-refractivity contribution in [3.63, 3.8) is 0 Å². The van der Waals surface area contributed by atoms with E-state index in [1.165, 1.54) is 4.90 Å². The number of carbonyl (C=O) groups is 3. The first-order chi connectivity index (χ1) is 17.2. The molecule has 9 heteroatoms. The number of aliphatic hydroxyl groups is 1. The van der Waals surface area contributed by atoms with Crippen LogP contribution in [0.4, 0.5) is 5.69 Å². The average Bonchev–Trinajstić information content (AvgIpc) is 3.42. The Morgan fingerprint density at radius 2 is 2.00 bits per heavy atom. The summed E-state index contributed by atoms with van der Waals surface area (Å²) in [6, 6.07) is 6.12. The van der Waals surface area contributed by atoms with Gasteiger partial charge in [0.25, 0.3) is 5.91 Å². The summed E-state index contributed by atoms with van der Waals surface area (Å²) in [5, 5.41) is 10.3. The smallest absolute Gasteiger partial charge is 0.311 e. The van der Waals surface area contributed by atoms with Crippen LogP contribution in [0, 0.1) is 11.8 Å². The van der Waals surface area contributed by atoms with Crippen LogP contribution in [0.3, 0.4) is 0 Å². The van der Waals surface area contributed by atoms with Gasteiger partial charge in [-0.15, -0.1) is 24.9 Å². The van der Waals surface area contributed by atoms with E-state index in [0.29, 0.717) is 30.0 Å². The van der Waals surface area contributed by atoms with E-state index in [2.05, 4.69) is 13.2 Å². The lowest BCUT2D eigenvalue weighted by atomic mass is 9.66. The molecule has 2 bridgehead atoms. The third-order valence-corrected chi connectivity index (χ3v) is 9.86. The standard InChI is InChI=1S/C27H33ClN2O5S/c1-4-6-7-17-35-25(34)21-20-23(32)30(15-16-31)22(27(20)13-12-26(21,3)36-27)24(33)29(14-5-2)19-10-8-18(28)9-11-19/h4-5,8-11,20-22,31H,1-2,6-7,12-17H2,3H3/t20-,21-,22?,26+,27?/m0/s1. The number of anilines is 1. The van der Waals surface area contributed by atoms with Gasteiger partial charge >= 0.3 is 5.97 Å². The molecule has 3 aliphatic rings. The van der Waals surface area contributed by atoms with E-state index in [4.69, 9.17) is 16.3 Å². The van der Waals surface area contributed by atoms with Crippen molar-refractivity contribution in [1.29, 1.82) is 0 Å². The topological polar surface area (TPSA) is 87.1 Å². The number of hydrogen-bond acceptors (Lipinski definition) is 6. The van der Waals surface area contributed by atoms with Crippen LogP contribution in [-0.2, 0) is 19.1 Å². The third kappa shape index (κ3) is 4.37. The first kappa shape index (κ1) is 26.8. The number of nitrogens with zero attached hydrogens (tertiary/aromatic N) is 2. The molecule has 36 heavy (non-hydrogen) atoms. The highest BCUT2D eigenvalue weighted by Gasteiger charge is 2.77. The minimum atomic E-state index is -0.817. The van der Waals surface area contributed by atoms with Crippen LogP contribution in [0.5, 0.6) is 0 Å². The van der Waals surface area contributed by atoms with E-state index in [1.807, 2.05) is 6.92 Å². The largest absolute Gasteiger partial charge is 0.465 e. The Labute approximate surface area is 221 Å². The molecule has 4 rings (SSSR count). The molecule has 0 aromatic heterocycles. The Morgan fingerprint density at radius 1 is 1.28 bits per heavy atom. The molecule has 0 radical (unpaired) electrons. The van der Waals surface area contributed by atoms with E-state index in [1.54, 1.807) is 53.1 Å². The van der Waals surface area contributed by atoms with Gasteiger partial charge in [0, 0.05) is 28.5 Å². The molecule has 2 amide bonds. The van der Waals surface area contributed by atoms with Gasteiger partial charge in [-0.3, -0.25) is 14.4 Å². The van der Waals surface area contributed by atoms with Crippen molar-refractivity contribution in [1.82, 2.24) is 4.90 Å². The molecule has 3 saturated heterocycles. The monoisotopic (exact) mass is 532 g/mol. The van der Waals surface area contributed by atoms with Crippen molar-refractivity contribution >= 4 is 46.8 Å². The number of esters is 1. The van der Waals surface area contributed by atoms with Gasteiger partial charge in [0.1, 0.15) is 6.04 Å². The lowest BCUT2D eigenvalue weighted by molar-refractivity contribution is -0.155. The molecule has 1 N–H and O–H groups in total. The second kappa shape index (κ2) is 10.6. The zero-order valence-corrected chi connectivity index (χ0v) is 22.1. The maximum absolute atomic E-state index is 14.2. The van der Waals surface area contributed by atoms with Crippen LogP contribution < -0.4 is 4.90 Å². The van der Waals surface area contributed by atoms with E-state index < -0.39 is 27.4 Å². The van der Waals surface area contributed by atoms with Crippen LogP contribution in [-0.4, -0.2) is 69.6 Å². The molecule has 3 heterocycles. The van der Waals surface area contributed by atoms with Crippen molar-refractivity contribution < 1.29 is 24.2 Å². The van der Waals surface area contributed by atoms with Crippen molar-refractivity contribution in [2.45, 2.75) is 48.1 Å². The summed E-state index contributed by atoms with van der Waals surface area (Å²) >= 11 is 7.64. The number of ether oxygens (including phenoxy) is 1. The Morgan fingerprint density at radius 3 is 2.64 bits per heavy atom. The summed E-state index contributed by atoms with van der Waals surface area (Å²) in [6.45, 7) is 9.76. The summed E-state index contributed by atoms with van der Waals surface area (Å²) in [4.78, 5) is 44.5. The lowest BCUT2D eigenvalue weighted by Crippen LogP contribution is -2.55. The number of allylic oxidation sites excluding steroid dienone is 1. The molecule has 3 fully saturated rings. The molecule has 194 valence electrons. The van der Waals surface area contributed by atoms with E-state index in [-0.39, 0.29) is 44.1 Å². The quantitative estimate of drug-likeness (QED) is 0.265. The second-order valence-electron chi connectivity index (χ2n) is 9.80. The van der Waals surface area contributed by atoms with Gasteiger partial charge in [-0.1, -0.05) is 23.8 Å². The first-order valence-electron chi connectivity index (χ1n) is 12.3. The number of hydrogen-bond donors (Lipinski definition) is 1. The SMILES string of the molecule is C=CCCCOC(=O)[C@@H]1[C@H]2C(=O)N(CCO)C(C(=O)N(CC=C)c3ccc(Cl)cc3)C23CC[C@@]1(C)S3. The number of amides is 2. The number of β-amino-alcohol motifs (C(OH)–C–C–N with tert-alkyl or cyclic N) is 1. The fourth-order valence-corrected chi connectivity index (χ4v) is 8.59. The molecule has 5 atom stereocenters. The maximum atomic E-state index is 14.2. The van der Waals surface area contributed by atoms with Gasteiger partial charge < -0.3 is 19.6 Å². The highest BCUT2D eigenvalue weighted by atomic mass is 35.5. The van der Waals surface area contributed by atoms with Crippen molar-refractivity contribution in [2.75, 3.05) is 31.2 Å². The summed E-state index contributed by atoms with van der Waals surface area (Å²) in [7, 11) is 0. The van der Waals surface area contributed by atoms with Crippen LogP contribution in [0.25, 0.3) is 0 Å². The second-order valence-corrected chi connectivity index (χ2v) is 12.1. The normalized spacial score (nSPS) is 30.2. The first-order valence-corrected chi connectivity index (χ1v) is 13.5. The number of thioether (sulfide) groups is 1. The zero-order valence-electron chi connectivity index (χ0n) is 20.5. The van der Waals surface area contributed by atoms with Crippen LogP contribution in [0.2, 0.25) is 5.02 Å². The molecule has 0 saturated carbocycles. The fourth-order valence-electron chi connectivity index (χ4n) is 6.12. The Hall–Kier alpha value is -2.29. The molecular formula is C27H33ClN2O5S. The van der Waals surface area contributed by atoms with E-state index >= 15 is 0 Å². The Kier molecular flexibility index (Phi) is 7.88. The van der Waals surface area contributed by atoms with Crippen LogP contribution in [0.15, 0.2) is 49.6 Å². The number of likely N-dealkylation sites (tertiary alicyclic amines) is 1. The zero-order chi connectivity index (χ0) is 26.1. The van der Waals surface area contributed by atoms with Gasteiger partial charge in [0.2, 0.25) is 5.91 Å². The van der Waals surface area contributed by atoms with Crippen molar-refractivity contribution in [3.05, 3.63) is 54.6 Å². The van der Waals surface area contributed by atoms with E-state index in [0.717, 1.165) is 6.42 Å². The lowest BCUT2D eigenvalue weighted by Gasteiger charge is -2.37. The number of benzene rings is 1. The Bertz CT molecular complexity index is 1050. The van der Waals surface area contributed by atoms with Gasteiger partial charge in [-0.05, 0) is 56.9 Å². The van der Waals surface area contributed by atoms with Crippen molar-refractivity contribution in [3.8, 4) is 0 Å². The fraction of sp³-hybridized carbons (Fsp3) is 0.519. The van der Waals surface area contributed by atoms with Gasteiger partial charge in [-0.25, -0.2) is 0 Å². The van der Waals surface area contributed by atoms with Gasteiger partial charge in [-0.2, -0.15) is 0 Å².